The van der Waals surface area contributed by atoms with E-state index in [9.17, 15) is 0 Å². The van der Waals surface area contributed by atoms with E-state index >= 15 is 0 Å². The maximum atomic E-state index is 8.39. The summed E-state index contributed by atoms with van der Waals surface area (Å²) in [4.78, 5) is 2.84. The van der Waals surface area contributed by atoms with Gasteiger partial charge < -0.3 is 4.74 Å². The number of hydrogen-bond donors (Lipinski definition) is 0. The van der Waals surface area contributed by atoms with E-state index in [1.807, 2.05) is 30.3 Å². The molecule has 1 heterocycles. The van der Waals surface area contributed by atoms with E-state index in [1.54, 1.807) is 0 Å². The summed E-state index contributed by atoms with van der Waals surface area (Å²) in [6, 6.07) is 9.98. The van der Waals surface area contributed by atoms with Crippen molar-refractivity contribution in [3.05, 3.63) is 46.3 Å². The van der Waals surface area contributed by atoms with Gasteiger partial charge in [-0.1, -0.05) is 35.4 Å². The topological polar surface area (TPSA) is 58.0 Å². The van der Waals surface area contributed by atoms with Gasteiger partial charge in [0, 0.05) is 10.8 Å². The predicted molar refractivity (Wildman–Crippen MR) is 52.9 cm³/mol. The van der Waals surface area contributed by atoms with E-state index in [4.69, 9.17) is 10.3 Å². The first-order chi connectivity index (χ1) is 6.92. The lowest BCUT2D eigenvalue weighted by Gasteiger charge is -2.12. The number of ether oxygens (including phenoxy) is 1. The van der Waals surface area contributed by atoms with E-state index in [-0.39, 0.29) is 12.0 Å². The van der Waals surface area contributed by atoms with Crippen LogP contribution in [0.1, 0.15) is 11.5 Å². The lowest BCUT2D eigenvalue weighted by Crippen LogP contribution is -2.13. The van der Waals surface area contributed by atoms with Crippen LogP contribution in [0.5, 0.6) is 0 Å². The van der Waals surface area contributed by atoms with Gasteiger partial charge in [0.15, 0.2) is 0 Å². The van der Waals surface area contributed by atoms with Crippen molar-refractivity contribution in [1.29, 1.82) is 0 Å². The Balaban J connectivity index is 2.21. The summed E-state index contributed by atoms with van der Waals surface area (Å²) in [7, 11) is 0. The Morgan fingerprint density at radius 3 is 2.79 bits per heavy atom. The third-order valence-electron chi connectivity index (χ3n) is 2.48. The van der Waals surface area contributed by atoms with E-state index in [2.05, 4.69) is 10.0 Å². The minimum Gasteiger partial charge on any atom is -0.380 e. The molecular weight excluding hydrogens is 178 g/mol. The highest BCUT2D eigenvalue weighted by Crippen LogP contribution is 2.27. The second kappa shape index (κ2) is 4.13. The highest BCUT2D eigenvalue weighted by atomic mass is 16.5. The number of rotatable bonds is 2. The average Bonchev–Trinajstić information content (AvgIpc) is 2.68. The Bertz CT molecular complexity index is 346. The number of nitrogens with zero attached hydrogens (tertiary/aromatic N) is 3. The Morgan fingerprint density at radius 1 is 1.29 bits per heavy atom. The van der Waals surface area contributed by atoms with Gasteiger partial charge in [-0.2, -0.15) is 0 Å². The molecule has 0 N–H and O–H groups in total. The van der Waals surface area contributed by atoms with Crippen molar-refractivity contribution in [3.63, 3.8) is 0 Å². The normalized spacial score (nSPS) is 25.7. The zero-order chi connectivity index (χ0) is 9.80. The molecule has 0 radical (unpaired) electrons. The minimum atomic E-state index is -0.0533. The van der Waals surface area contributed by atoms with Crippen LogP contribution in [0.15, 0.2) is 35.4 Å². The van der Waals surface area contributed by atoms with Crippen LogP contribution >= 0.6 is 0 Å². The van der Waals surface area contributed by atoms with Crippen molar-refractivity contribution in [3.8, 4) is 0 Å². The van der Waals surface area contributed by atoms with Crippen molar-refractivity contribution < 1.29 is 4.74 Å². The second-order valence-corrected chi connectivity index (χ2v) is 3.33. The Hall–Kier alpha value is -1.51. The van der Waals surface area contributed by atoms with Crippen LogP contribution < -0.4 is 0 Å². The molecule has 1 aromatic rings. The molecule has 1 saturated heterocycles. The lowest BCUT2D eigenvalue weighted by molar-refractivity contribution is 0.191. The van der Waals surface area contributed by atoms with Crippen LogP contribution in [0.4, 0.5) is 0 Å². The molecule has 2 atom stereocenters. The number of benzene rings is 1. The van der Waals surface area contributed by atoms with E-state index in [0.29, 0.717) is 13.2 Å². The summed E-state index contributed by atoms with van der Waals surface area (Å²) in [5, 5.41) is 3.74. The molecule has 72 valence electrons. The summed E-state index contributed by atoms with van der Waals surface area (Å²) in [6.07, 6.45) is 0. The van der Waals surface area contributed by atoms with Crippen LogP contribution in [-0.4, -0.2) is 19.3 Å². The van der Waals surface area contributed by atoms with Crippen LogP contribution in [0.3, 0.4) is 0 Å². The summed E-state index contributed by atoms with van der Waals surface area (Å²) in [5.74, 6) is 0.215. The SMILES string of the molecule is [N-]=[N+]=NC1COCC1c1ccccc1. The molecule has 2 rings (SSSR count). The summed E-state index contributed by atoms with van der Waals surface area (Å²) in [6.45, 7) is 1.18. The van der Waals surface area contributed by atoms with E-state index < -0.39 is 0 Å². The molecule has 1 aliphatic heterocycles. The molecule has 1 aromatic carbocycles. The fraction of sp³-hybridized carbons (Fsp3) is 0.400. The monoisotopic (exact) mass is 189 g/mol. The summed E-state index contributed by atoms with van der Waals surface area (Å²) >= 11 is 0. The lowest BCUT2D eigenvalue weighted by atomic mass is 9.95. The van der Waals surface area contributed by atoms with Crippen LogP contribution in [0.2, 0.25) is 0 Å². The average molecular weight is 189 g/mol. The molecule has 0 amide bonds. The molecular formula is C10H11N3O. The maximum Gasteiger partial charge on any atom is 0.0698 e. The van der Waals surface area contributed by atoms with Gasteiger partial charge in [-0.15, -0.1) is 0 Å². The minimum absolute atomic E-state index is 0.0533. The number of hydrogen-bond acceptors (Lipinski definition) is 2. The van der Waals surface area contributed by atoms with Crippen molar-refractivity contribution in [2.24, 2.45) is 5.11 Å². The third-order valence-corrected chi connectivity index (χ3v) is 2.48. The Morgan fingerprint density at radius 2 is 2.07 bits per heavy atom. The van der Waals surface area contributed by atoms with Gasteiger partial charge in [0.2, 0.25) is 0 Å². The molecule has 0 aromatic heterocycles. The van der Waals surface area contributed by atoms with Gasteiger partial charge in [-0.05, 0) is 11.1 Å². The first-order valence-corrected chi connectivity index (χ1v) is 4.58. The predicted octanol–water partition coefficient (Wildman–Crippen LogP) is 2.48. The highest BCUT2D eigenvalue weighted by molar-refractivity contribution is 5.22. The Labute approximate surface area is 82.1 Å². The zero-order valence-electron chi connectivity index (χ0n) is 7.71. The summed E-state index contributed by atoms with van der Waals surface area (Å²) in [5.41, 5.74) is 9.58. The molecule has 1 aliphatic rings. The zero-order valence-corrected chi connectivity index (χ0v) is 7.71. The number of azide groups is 1. The maximum absolute atomic E-state index is 8.39. The molecule has 0 bridgehead atoms. The molecule has 2 unspecified atom stereocenters. The largest absolute Gasteiger partial charge is 0.380 e. The fourth-order valence-corrected chi connectivity index (χ4v) is 1.74. The highest BCUT2D eigenvalue weighted by Gasteiger charge is 2.28. The second-order valence-electron chi connectivity index (χ2n) is 3.33. The molecule has 4 heteroatoms. The van der Waals surface area contributed by atoms with Gasteiger partial charge in [-0.25, -0.2) is 0 Å². The van der Waals surface area contributed by atoms with Crippen LogP contribution in [0, 0.1) is 0 Å². The van der Waals surface area contributed by atoms with Crippen molar-refractivity contribution in [2.75, 3.05) is 13.2 Å². The molecule has 0 spiro atoms. The summed E-state index contributed by atoms with van der Waals surface area (Å²) < 4.78 is 5.31. The first kappa shape index (κ1) is 9.06. The van der Waals surface area contributed by atoms with Crippen LogP contribution in [0.25, 0.3) is 10.4 Å². The fourth-order valence-electron chi connectivity index (χ4n) is 1.74. The van der Waals surface area contributed by atoms with Crippen molar-refractivity contribution in [1.82, 2.24) is 0 Å². The molecule has 1 fully saturated rings. The van der Waals surface area contributed by atoms with Crippen molar-refractivity contribution >= 4 is 0 Å². The molecule has 0 saturated carbocycles. The Kier molecular flexibility index (Phi) is 2.68. The van der Waals surface area contributed by atoms with E-state index in [1.165, 1.54) is 5.56 Å². The molecule has 4 nitrogen and oxygen atoms in total. The van der Waals surface area contributed by atoms with Gasteiger partial charge in [0.1, 0.15) is 0 Å². The van der Waals surface area contributed by atoms with Gasteiger partial charge in [-0.3, -0.25) is 0 Å². The van der Waals surface area contributed by atoms with Crippen molar-refractivity contribution in [2.45, 2.75) is 12.0 Å². The van der Waals surface area contributed by atoms with Crippen LogP contribution in [-0.2, 0) is 4.74 Å². The van der Waals surface area contributed by atoms with Gasteiger partial charge >= 0.3 is 0 Å². The van der Waals surface area contributed by atoms with Gasteiger partial charge in [0.25, 0.3) is 0 Å². The quantitative estimate of drug-likeness (QED) is 0.400. The smallest absolute Gasteiger partial charge is 0.0698 e. The molecule has 0 aliphatic carbocycles. The standard InChI is InChI=1S/C10H11N3O/c11-13-12-10-7-14-6-9(10)8-4-2-1-3-5-8/h1-5,9-10H,6-7H2. The van der Waals surface area contributed by atoms with E-state index in [0.717, 1.165) is 0 Å². The van der Waals surface area contributed by atoms with Gasteiger partial charge in [0.05, 0.1) is 19.3 Å². The molecule has 14 heavy (non-hydrogen) atoms. The first-order valence-electron chi connectivity index (χ1n) is 4.58. The third kappa shape index (κ3) is 1.71.